The van der Waals surface area contributed by atoms with Crippen LogP contribution >= 0.6 is 15.9 Å². The van der Waals surface area contributed by atoms with E-state index >= 15 is 0 Å². The molecular weight excluding hydrogens is 396 g/mol. The normalized spacial score (nSPS) is 17.7. The average Bonchev–Trinajstić information content (AvgIpc) is 2.62. The minimum absolute atomic E-state index is 0.00763. The number of likely N-dealkylation sites (N-methyl/N-ethyl adjacent to an activating group) is 1. The Morgan fingerprint density at radius 2 is 2.15 bits per heavy atom. The number of guanidine groups is 1. The highest BCUT2D eigenvalue weighted by Gasteiger charge is 2.14. The molecule has 0 aromatic heterocycles. The van der Waals surface area contributed by atoms with Crippen LogP contribution in [-0.4, -0.2) is 56.7 Å². The van der Waals surface area contributed by atoms with E-state index in [1.165, 1.54) is 12.0 Å². The second-order valence-electron chi connectivity index (χ2n) is 6.75. The summed E-state index contributed by atoms with van der Waals surface area (Å²) >= 11 is 3.48. The van der Waals surface area contributed by atoms with Crippen molar-refractivity contribution in [1.82, 2.24) is 15.5 Å². The molecule has 2 N–H and O–H groups in total. The Labute approximate surface area is 164 Å². The molecule has 0 saturated carbocycles. The zero-order valence-corrected chi connectivity index (χ0v) is 17.4. The third kappa shape index (κ3) is 6.96. The maximum atomic E-state index is 11.9. The first-order chi connectivity index (χ1) is 12.5. The smallest absolute Gasteiger partial charge is 0.241 e. The lowest BCUT2D eigenvalue weighted by Crippen LogP contribution is -2.45. The molecule has 1 saturated heterocycles. The lowest BCUT2D eigenvalue weighted by Gasteiger charge is -2.24. The van der Waals surface area contributed by atoms with Crippen molar-refractivity contribution in [2.45, 2.75) is 38.8 Å². The van der Waals surface area contributed by atoms with Crippen molar-refractivity contribution in [1.29, 1.82) is 0 Å². The highest BCUT2D eigenvalue weighted by atomic mass is 79.9. The Balaban J connectivity index is 1.98. The fourth-order valence-corrected chi connectivity index (χ4v) is 3.15. The van der Waals surface area contributed by atoms with E-state index < -0.39 is 0 Å². The van der Waals surface area contributed by atoms with E-state index in [1.54, 1.807) is 19.0 Å². The van der Waals surface area contributed by atoms with Crippen molar-refractivity contribution in [2.75, 3.05) is 33.8 Å². The molecule has 2 rings (SSSR count). The third-order valence-corrected chi connectivity index (χ3v) is 4.88. The van der Waals surface area contributed by atoms with Gasteiger partial charge in [-0.3, -0.25) is 4.79 Å². The maximum absolute atomic E-state index is 11.9. The van der Waals surface area contributed by atoms with Gasteiger partial charge >= 0.3 is 0 Å². The summed E-state index contributed by atoms with van der Waals surface area (Å²) in [6, 6.07) is 6.16. The zero-order valence-electron chi connectivity index (χ0n) is 15.8. The number of nitrogens with one attached hydrogen (secondary N) is 2. The standard InChI is InChI=1S/C19H29BrN4O2/c1-14-10-16(20)8-7-15(14)11-21-19(23-13-18(25)24(2)3)22-12-17-6-4-5-9-26-17/h7-8,10,17H,4-6,9,11-13H2,1-3H3,(H2,21,22,23). The summed E-state index contributed by atoms with van der Waals surface area (Å²) in [4.78, 5) is 18.1. The van der Waals surface area contributed by atoms with Crippen LogP contribution in [0.4, 0.5) is 0 Å². The van der Waals surface area contributed by atoms with Gasteiger partial charge in [0.25, 0.3) is 0 Å². The molecule has 0 bridgehead atoms. The second-order valence-corrected chi connectivity index (χ2v) is 7.66. The molecule has 0 radical (unpaired) electrons. The minimum atomic E-state index is 0.00763. The van der Waals surface area contributed by atoms with Crippen molar-refractivity contribution in [3.05, 3.63) is 33.8 Å². The number of rotatable bonds is 6. The number of ether oxygens (including phenoxy) is 1. The van der Waals surface area contributed by atoms with Crippen LogP contribution in [-0.2, 0) is 16.1 Å². The molecule has 144 valence electrons. The summed E-state index contributed by atoms with van der Waals surface area (Å²) < 4.78 is 6.82. The van der Waals surface area contributed by atoms with Gasteiger partial charge in [-0.15, -0.1) is 0 Å². The number of hydrogen-bond acceptors (Lipinski definition) is 3. The van der Waals surface area contributed by atoms with E-state index in [9.17, 15) is 4.79 Å². The van der Waals surface area contributed by atoms with Gasteiger partial charge in [0, 0.05) is 31.7 Å². The molecule has 7 heteroatoms. The SMILES string of the molecule is Cc1cc(Br)ccc1CN=C(NCC(=O)N(C)C)NCC1CCCCO1. The predicted molar refractivity (Wildman–Crippen MR) is 108 cm³/mol. The van der Waals surface area contributed by atoms with E-state index in [1.807, 2.05) is 6.07 Å². The summed E-state index contributed by atoms with van der Waals surface area (Å²) in [5.74, 6) is 0.643. The molecule has 1 aromatic carbocycles. The Morgan fingerprint density at radius 3 is 2.81 bits per heavy atom. The first-order valence-corrected chi connectivity index (χ1v) is 9.84. The van der Waals surface area contributed by atoms with E-state index in [2.05, 4.69) is 50.6 Å². The molecule has 1 heterocycles. The molecule has 1 aliphatic heterocycles. The first-order valence-electron chi connectivity index (χ1n) is 9.04. The van der Waals surface area contributed by atoms with Crippen LogP contribution in [0.15, 0.2) is 27.7 Å². The Kier molecular flexibility index (Phi) is 8.38. The average molecular weight is 425 g/mol. The first kappa shape index (κ1) is 20.7. The summed E-state index contributed by atoms with van der Waals surface area (Å²) in [7, 11) is 3.49. The fraction of sp³-hybridized carbons (Fsp3) is 0.579. The predicted octanol–water partition coefficient (Wildman–Crippen LogP) is 2.45. The van der Waals surface area contributed by atoms with Crippen LogP contribution in [0.5, 0.6) is 0 Å². The van der Waals surface area contributed by atoms with Crippen LogP contribution in [0.3, 0.4) is 0 Å². The van der Waals surface area contributed by atoms with Gasteiger partial charge in [-0.05, 0) is 49.4 Å². The molecule has 1 atom stereocenters. The van der Waals surface area contributed by atoms with Crippen molar-refractivity contribution in [3.8, 4) is 0 Å². The van der Waals surface area contributed by atoms with Crippen LogP contribution in [0.25, 0.3) is 0 Å². The highest BCUT2D eigenvalue weighted by molar-refractivity contribution is 9.10. The molecule has 26 heavy (non-hydrogen) atoms. The fourth-order valence-electron chi connectivity index (χ4n) is 2.67. The van der Waals surface area contributed by atoms with Gasteiger partial charge in [0.2, 0.25) is 5.91 Å². The van der Waals surface area contributed by atoms with E-state index in [0.717, 1.165) is 29.5 Å². The van der Waals surface area contributed by atoms with E-state index in [0.29, 0.717) is 19.0 Å². The minimum Gasteiger partial charge on any atom is -0.376 e. The molecule has 0 aliphatic carbocycles. The van der Waals surface area contributed by atoms with Crippen molar-refractivity contribution < 1.29 is 9.53 Å². The topological polar surface area (TPSA) is 66.0 Å². The largest absolute Gasteiger partial charge is 0.376 e. The van der Waals surface area contributed by atoms with Gasteiger partial charge in [0.1, 0.15) is 0 Å². The van der Waals surface area contributed by atoms with Crippen LogP contribution in [0.1, 0.15) is 30.4 Å². The highest BCUT2D eigenvalue weighted by Crippen LogP contribution is 2.16. The van der Waals surface area contributed by atoms with Gasteiger partial charge in [-0.25, -0.2) is 4.99 Å². The number of carbonyl (C=O) groups excluding carboxylic acids is 1. The van der Waals surface area contributed by atoms with Gasteiger partial charge < -0.3 is 20.3 Å². The van der Waals surface area contributed by atoms with Crippen LogP contribution in [0.2, 0.25) is 0 Å². The van der Waals surface area contributed by atoms with Crippen LogP contribution in [0, 0.1) is 6.92 Å². The second kappa shape index (κ2) is 10.5. The number of amides is 1. The summed E-state index contributed by atoms with van der Waals surface area (Å²) in [6.45, 7) is 4.35. The third-order valence-electron chi connectivity index (χ3n) is 4.39. The quantitative estimate of drug-likeness (QED) is 0.543. The number of aryl methyl sites for hydroxylation is 1. The molecule has 1 amide bonds. The number of hydrogen-bond donors (Lipinski definition) is 2. The summed E-state index contributed by atoms with van der Waals surface area (Å²) in [5, 5.41) is 6.44. The molecule has 0 spiro atoms. The van der Waals surface area contributed by atoms with Crippen molar-refractivity contribution in [2.24, 2.45) is 4.99 Å². The summed E-state index contributed by atoms with van der Waals surface area (Å²) in [6.07, 6.45) is 3.59. The lowest BCUT2D eigenvalue weighted by atomic mass is 10.1. The monoisotopic (exact) mass is 424 g/mol. The van der Waals surface area contributed by atoms with Gasteiger partial charge in [0.05, 0.1) is 19.2 Å². The van der Waals surface area contributed by atoms with Gasteiger partial charge in [-0.2, -0.15) is 0 Å². The Hall–Kier alpha value is -1.60. The van der Waals surface area contributed by atoms with Gasteiger partial charge in [-0.1, -0.05) is 22.0 Å². The molecule has 1 aromatic rings. The number of benzene rings is 1. The molecule has 1 aliphatic rings. The number of halogens is 1. The van der Waals surface area contributed by atoms with E-state index in [-0.39, 0.29) is 18.6 Å². The lowest BCUT2D eigenvalue weighted by molar-refractivity contribution is -0.127. The number of aliphatic imine (C=N–C) groups is 1. The molecule has 6 nitrogen and oxygen atoms in total. The van der Waals surface area contributed by atoms with Crippen LogP contribution < -0.4 is 10.6 Å². The summed E-state index contributed by atoms with van der Waals surface area (Å²) in [5.41, 5.74) is 2.34. The Morgan fingerprint density at radius 1 is 1.35 bits per heavy atom. The molecule has 1 fully saturated rings. The van der Waals surface area contributed by atoms with Gasteiger partial charge in [0.15, 0.2) is 5.96 Å². The molecule has 1 unspecified atom stereocenters. The van der Waals surface area contributed by atoms with Crippen molar-refractivity contribution >= 4 is 27.8 Å². The zero-order chi connectivity index (χ0) is 18.9. The van der Waals surface area contributed by atoms with Crippen molar-refractivity contribution in [3.63, 3.8) is 0 Å². The molecular formula is C19H29BrN4O2. The maximum Gasteiger partial charge on any atom is 0.241 e. The number of nitrogens with zero attached hydrogens (tertiary/aromatic N) is 2. The number of carbonyl (C=O) groups is 1. The van der Waals surface area contributed by atoms with E-state index in [4.69, 9.17) is 4.74 Å². The Bertz CT molecular complexity index is 628.